The molecular weight excluding hydrogens is 434 g/mol. The first-order valence-corrected chi connectivity index (χ1v) is 10.8. The van der Waals surface area contributed by atoms with Gasteiger partial charge in [0.2, 0.25) is 5.91 Å². The predicted molar refractivity (Wildman–Crippen MR) is 104 cm³/mol. The van der Waals surface area contributed by atoms with Gasteiger partial charge in [-0.2, -0.15) is 13.4 Å². The molecule has 1 atom stereocenters. The molecule has 2 N–H and O–H groups in total. The number of amides is 2. The summed E-state index contributed by atoms with van der Waals surface area (Å²) in [5, 5.41) is 12.3. The van der Waals surface area contributed by atoms with Crippen molar-refractivity contribution in [3.63, 3.8) is 0 Å². The summed E-state index contributed by atoms with van der Waals surface area (Å²) in [6, 6.07) is 3.76. The fourth-order valence-corrected chi connectivity index (χ4v) is 3.54. The number of hydroxylamine groups is 1. The zero-order valence-corrected chi connectivity index (χ0v) is 17.4. The van der Waals surface area contributed by atoms with Crippen molar-refractivity contribution < 1.29 is 37.3 Å². The van der Waals surface area contributed by atoms with E-state index in [4.69, 9.17) is 10.4 Å². The van der Waals surface area contributed by atoms with Crippen LogP contribution >= 0.6 is 0 Å². The second-order valence-electron chi connectivity index (χ2n) is 6.68. The SMILES string of the molecule is CCCCCC(=O)ON(Cc1ccc(N=[N+]=[N-])cc1O)N1C(=O)CC(S(=O)(=O)O)C1=O. The number of aromatic hydroxyl groups is 1. The highest BCUT2D eigenvalue weighted by Gasteiger charge is 2.49. The Bertz CT molecular complexity index is 1020. The molecule has 1 aliphatic rings. The van der Waals surface area contributed by atoms with E-state index in [1.54, 1.807) is 0 Å². The zero-order chi connectivity index (χ0) is 23.2. The third kappa shape index (κ3) is 6.15. The molecule has 0 aliphatic carbocycles. The highest BCUT2D eigenvalue weighted by Crippen LogP contribution is 2.28. The molecule has 168 valence electrons. The Morgan fingerprint density at radius 3 is 2.65 bits per heavy atom. The van der Waals surface area contributed by atoms with Crippen LogP contribution in [-0.4, -0.2) is 51.3 Å². The highest BCUT2D eigenvalue weighted by atomic mass is 32.2. The molecule has 31 heavy (non-hydrogen) atoms. The number of phenolic OH excluding ortho intramolecular Hbond substituents is 1. The summed E-state index contributed by atoms with van der Waals surface area (Å²) >= 11 is 0. The number of hydrogen-bond acceptors (Lipinski definition) is 9. The lowest BCUT2D eigenvalue weighted by Crippen LogP contribution is -2.48. The normalized spacial score (nSPS) is 16.5. The molecule has 1 aromatic rings. The van der Waals surface area contributed by atoms with Crippen molar-refractivity contribution >= 4 is 33.6 Å². The van der Waals surface area contributed by atoms with Gasteiger partial charge in [-0.15, -0.1) is 0 Å². The van der Waals surface area contributed by atoms with E-state index in [1.165, 1.54) is 12.1 Å². The molecule has 0 spiro atoms. The fraction of sp³-hybridized carbons (Fsp3) is 0.471. The minimum atomic E-state index is -4.87. The van der Waals surface area contributed by atoms with Crippen molar-refractivity contribution in [3.8, 4) is 5.75 Å². The van der Waals surface area contributed by atoms with Crippen LogP contribution in [0.25, 0.3) is 10.4 Å². The predicted octanol–water partition coefficient (Wildman–Crippen LogP) is 2.10. The van der Waals surface area contributed by atoms with Crippen molar-refractivity contribution in [2.75, 3.05) is 0 Å². The Balaban J connectivity index is 2.33. The molecule has 1 fully saturated rings. The lowest BCUT2D eigenvalue weighted by molar-refractivity contribution is -0.257. The van der Waals surface area contributed by atoms with Gasteiger partial charge in [0.25, 0.3) is 16.0 Å². The molecule has 1 saturated heterocycles. The molecular formula is C17H21N5O8S. The van der Waals surface area contributed by atoms with E-state index in [9.17, 15) is 32.5 Å². The zero-order valence-electron chi connectivity index (χ0n) is 16.5. The molecule has 0 radical (unpaired) electrons. The molecule has 0 aromatic heterocycles. The van der Waals surface area contributed by atoms with Gasteiger partial charge in [0.1, 0.15) is 5.75 Å². The van der Waals surface area contributed by atoms with Gasteiger partial charge < -0.3 is 9.94 Å². The maximum absolute atomic E-state index is 12.5. The van der Waals surface area contributed by atoms with Gasteiger partial charge in [0, 0.05) is 22.6 Å². The van der Waals surface area contributed by atoms with Gasteiger partial charge >= 0.3 is 5.97 Å². The molecule has 1 heterocycles. The van der Waals surface area contributed by atoms with Crippen molar-refractivity contribution in [1.82, 2.24) is 10.2 Å². The number of carbonyl (C=O) groups is 3. The van der Waals surface area contributed by atoms with Crippen LogP contribution in [0, 0.1) is 0 Å². The Morgan fingerprint density at radius 2 is 2.10 bits per heavy atom. The van der Waals surface area contributed by atoms with Crippen LogP contribution < -0.4 is 0 Å². The molecule has 2 amide bonds. The van der Waals surface area contributed by atoms with Gasteiger partial charge in [0.05, 0.1) is 13.0 Å². The van der Waals surface area contributed by atoms with Gasteiger partial charge in [-0.05, 0) is 23.2 Å². The summed E-state index contributed by atoms with van der Waals surface area (Å²) in [6.45, 7) is 1.43. The Morgan fingerprint density at radius 1 is 1.39 bits per heavy atom. The second-order valence-corrected chi connectivity index (χ2v) is 8.28. The number of benzene rings is 1. The number of hydrogen-bond donors (Lipinski definition) is 2. The molecule has 0 saturated carbocycles. The number of azide groups is 1. The maximum atomic E-state index is 12.5. The smallest absolute Gasteiger partial charge is 0.327 e. The maximum Gasteiger partial charge on any atom is 0.327 e. The Labute approximate surface area is 177 Å². The minimum absolute atomic E-state index is 0.0237. The number of hydrazine groups is 1. The third-order valence-electron chi connectivity index (χ3n) is 4.39. The van der Waals surface area contributed by atoms with E-state index in [1.807, 2.05) is 6.92 Å². The van der Waals surface area contributed by atoms with E-state index in [0.29, 0.717) is 16.6 Å². The van der Waals surface area contributed by atoms with Crippen LogP contribution in [-0.2, 0) is 35.9 Å². The standard InChI is InChI=1S/C17H21N5O8S/c1-2-3-4-5-16(25)30-21(10-11-6-7-12(19-20-18)8-13(11)23)22-15(24)9-14(17(22)26)31(27,28)29/h6-8,14,23H,2-5,9-10H2,1H3,(H,27,28,29). The van der Waals surface area contributed by atoms with Crippen molar-refractivity contribution in [1.29, 1.82) is 0 Å². The quantitative estimate of drug-likeness (QED) is 0.101. The molecule has 1 aromatic carbocycles. The van der Waals surface area contributed by atoms with Gasteiger partial charge in [0.15, 0.2) is 5.25 Å². The first kappa shape index (κ1) is 24.1. The van der Waals surface area contributed by atoms with Crippen LogP contribution in [0.5, 0.6) is 5.75 Å². The summed E-state index contributed by atoms with van der Waals surface area (Å²) in [5.74, 6) is -3.48. The average molecular weight is 455 g/mol. The van der Waals surface area contributed by atoms with Crippen LogP contribution in [0.15, 0.2) is 23.3 Å². The Kier molecular flexibility index (Phi) is 7.94. The average Bonchev–Trinajstić information content (AvgIpc) is 2.98. The lowest BCUT2D eigenvalue weighted by atomic mass is 10.2. The van der Waals surface area contributed by atoms with Crippen LogP contribution in [0.4, 0.5) is 5.69 Å². The molecule has 1 aliphatic heterocycles. The summed E-state index contributed by atoms with van der Waals surface area (Å²) in [5.41, 5.74) is 8.63. The number of nitrogens with zero attached hydrogens (tertiary/aromatic N) is 5. The number of unbranched alkanes of at least 4 members (excludes halogenated alkanes) is 2. The third-order valence-corrected chi connectivity index (χ3v) is 5.48. The Hall–Kier alpha value is -3.19. The second kappa shape index (κ2) is 10.2. The molecule has 14 heteroatoms. The molecule has 2 rings (SSSR count). The fourth-order valence-electron chi connectivity index (χ4n) is 2.83. The van der Waals surface area contributed by atoms with Crippen molar-refractivity contribution in [2.45, 2.75) is 50.8 Å². The number of carbonyl (C=O) groups excluding carboxylic acids is 3. The number of rotatable bonds is 10. The van der Waals surface area contributed by atoms with Gasteiger partial charge in [-0.3, -0.25) is 18.9 Å². The first-order valence-electron chi connectivity index (χ1n) is 9.26. The van der Waals surface area contributed by atoms with Crippen molar-refractivity contribution in [3.05, 3.63) is 34.2 Å². The van der Waals surface area contributed by atoms with E-state index >= 15 is 0 Å². The largest absolute Gasteiger partial charge is 0.508 e. The first-order chi connectivity index (χ1) is 14.6. The highest BCUT2D eigenvalue weighted by molar-refractivity contribution is 7.87. The van der Waals surface area contributed by atoms with Gasteiger partial charge in [-0.25, -0.2) is 0 Å². The lowest BCUT2D eigenvalue weighted by Gasteiger charge is -2.28. The van der Waals surface area contributed by atoms with Gasteiger partial charge in [-0.1, -0.05) is 37.0 Å². The topological polar surface area (TPSA) is 190 Å². The number of imide groups is 1. The molecule has 0 bridgehead atoms. The van der Waals surface area contributed by atoms with E-state index in [-0.39, 0.29) is 23.4 Å². The summed E-state index contributed by atoms with van der Waals surface area (Å²) in [6.07, 6.45) is 1.21. The van der Waals surface area contributed by atoms with E-state index < -0.39 is 46.1 Å². The minimum Gasteiger partial charge on any atom is -0.508 e. The van der Waals surface area contributed by atoms with E-state index in [0.717, 1.165) is 18.9 Å². The monoisotopic (exact) mass is 455 g/mol. The summed E-state index contributed by atoms with van der Waals surface area (Å²) < 4.78 is 32.0. The molecule has 1 unspecified atom stereocenters. The number of phenols is 1. The summed E-state index contributed by atoms with van der Waals surface area (Å²) in [4.78, 5) is 44.7. The summed E-state index contributed by atoms with van der Waals surface area (Å²) in [7, 11) is -4.87. The van der Waals surface area contributed by atoms with Crippen LogP contribution in [0.3, 0.4) is 0 Å². The van der Waals surface area contributed by atoms with Crippen LogP contribution in [0.2, 0.25) is 0 Å². The molecule has 13 nitrogen and oxygen atoms in total. The van der Waals surface area contributed by atoms with E-state index in [2.05, 4.69) is 10.0 Å². The van der Waals surface area contributed by atoms with Crippen molar-refractivity contribution in [2.24, 2.45) is 5.11 Å². The van der Waals surface area contributed by atoms with Crippen LogP contribution in [0.1, 0.15) is 44.6 Å².